The summed E-state index contributed by atoms with van der Waals surface area (Å²) in [6.07, 6.45) is 3.66. The number of aromatic nitrogens is 3. The number of hydrogen-bond acceptors (Lipinski definition) is 9. The highest BCUT2D eigenvalue weighted by molar-refractivity contribution is 9.12. The van der Waals surface area contributed by atoms with Gasteiger partial charge in [-0.2, -0.15) is 20.1 Å². The molecule has 10 heteroatoms. The average molecular weight is 474 g/mol. The van der Waals surface area contributed by atoms with Gasteiger partial charge in [0.1, 0.15) is 0 Å². The summed E-state index contributed by atoms with van der Waals surface area (Å²) in [6, 6.07) is 10.0. The van der Waals surface area contributed by atoms with Crippen molar-refractivity contribution in [2.75, 3.05) is 67.8 Å². The minimum Gasteiger partial charge on any atom is -0.378 e. The van der Waals surface area contributed by atoms with Gasteiger partial charge in [0, 0.05) is 30.7 Å². The molecule has 0 bridgehead atoms. The minimum absolute atomic E-state index is 0.407. The average Bonchev–Trinajstić information content (AvgIpc) is 2.81. The van der Waals surface area contributed by atoms with Crippen molar-refractivity contribution in [2.24, 2.45) is 5.10 Å². The first-order valence-corrected chi connectivity index (χ1v) is 10.7. The highest BCUT2D eigenvalue weighted by Crippen LogP contribution is 2.19. The van der Waals surface area contributed by atoms with Crippen LogP contribution in [0, 0.1) is 0 Å². The fraction of sp³-hybridized carbons (Fsp3) is 0.400. The SMILES string of the molecule is Br/C(C=NNc1nc(N2CCOCC2)nc(N2CCOCC2)n1)=C\c1ccccc1. The van der Waals surface area contributed by atoms with Gasteiger partial charge in [0.2, 0.25) is 17.8 Å². The highest BCUT2D eigenvalue weighted by atomic mass is 79.9. The maximum Gasteiger partial charge on any atom is 0.250 e. The molecule has 0 unspecified atom stereocenters. The molecule has 0 atom stereocenters. The van der Waals surface area contributed by atoms with Crippen LogP contribution in [0.5, 0.6) is 0 Å². The van der Waals surface area contributed by atoms with Gasteiger partial charge in [0.25, 0.3) is 0 Å². The third-order valence-corrected chi connectivity index (χ3v) is 5.09. The molecule has 0 aliphatic carbocycles. The second kappa shape index (κ2) is 10.5. The van der Waals surface area contributed by atoms with E-state index in [9.17, 15) is 0 Å². The van der Waals surface area contributed by atoms with Gasteiger partial charge in [-0.25, -0.2) is 5.43 Å². The molecular weight excluding hydrogens is 450 g/mol. The van der Waals surface area contributed by atoms with Crippen LogP contribution in [0.3, 0.4) is 0 Å². The molecule has 4 rings (SSSR count). The molecule has 9 nitrogen and oxygen atoms in total. The molecule has 2 aromatic rings. The normalized spacial score (nSPS) is 18.1. The Morgan fingerprint density at radius 2 is 1.47 bits per heavy atom. The van der Waals surface area contributed by atoms with E-state index in [1.54, 1.807) is 6.21 Å². The van der Waals surface area contributed by atoms with Gasteiger partial charge in [0.05, 0.1) is 32.6 Å². The zero-order chi connectivity index (χ0) is 20.6. The molecule has 2 aliphatic heterocycles. The lowest BCUT2D eigenvalue weighted by Crippen LogP contribution is -2.40. The fourth-order valence-corrected chi connectivity index (χ4v) is 3.48. The van der Waals surface area contributed by atoms with Crippen LogP contribution in [0.1, 0.15) is 5.56 Å². The fourth-order valence-electron chi connectivity index (χ4n) is 3.11. The number of nitrogens with zero attached hydrogens (tertiary/aromatic N) is 6. The summed E-state index contributed by atoms with van der Waals surface area (Å²) < 4.78 is 11.7. The summed E-state index contributed by atoms with van der Waals surface area (Å²) in [7, 11) is 0. The monoisotopic (exact) mass is 473 g/mol. The molecule has 1 N–H and O–H groups in total. The van der Waals surface area contributed by atoms with E-state index in [1.807, 2.05) is 36.4 Å². The lowest BCUT2D eigenvalue weighted by molar-refractivity contribution is 0.121. The second-order valence-corrected chi connectivity index (χ2v) is 7.68. The Hall–Kier alpha value is -2.56. The van der Waals surface area contributed by atoms with E-state index in [-0.39, 0.29) is 0 Å². The second-order valence-electron chi connectivity index (χ2n) is 6.77. The third kappa shape index (κ3) is 5.74. The number of nitrogens with one attached hydrogen (secondary N) is 1. The van der Waals surface area contributed by atoms with Crippen molar-refractivity contribution < 1.29 is 9.47 Å². The van der Waals surface area contributed by atoms with Crippen LogP contribution in [-0.4, -0.2) is 73.8 Å². The van der Waals surface area contributed by atoms with Crippen LogP contribution in [0.2, 0.25) is 0 Å². The molecule has 0 amide bonds. The Balaban J connectivity index is 1.51. The Morgan fingerprint density at radius 1 is 0.900 bits per heavy atom. The van der Waals surface area contributed by atoms with E-state index < -0.39 is 0 Å². The molecule has 3 heterocycles. The number of hydrazone groups is 1. The van der Waals surface area contributed by atoms with Gasteiger partial charge in [-0.1, -0.05) is 30.3 Å². The summed E-state index contributed by atoms with van der Waals surface area (Å²) in [4.78, 5) is 18.0. The number of benzene rings is 1. The lowest BCUT2D eigenvalue weighted by atomic mass is 10.2. The van der Waals surface area contributed by atoms with Gasteiger partial charge >= 0.3 is 0 Å². The Kier molecular flexibility index (Phi) is 7.22. The topological polar surface area (TPSA) is 88.0 Å². The number of hydrogen-bond donors (Lipinski definition) is 1. The van der Waals surface area contributed by atoms with E-state index in [4.69, 9.17) is 9.47 Å². The van der Waals surface area contributed by atoms with Gasteiger partial charge in [0.15, 0.2) is 0 Å². The Bertz CT molecular complexity index is 846. The molecule has 2 aliphatic rings. The summed E-state index contributed by atoms with van der Waals surface area (Å²) in [5, 5.41) is 4.28. The first-order valence-electron chi connectivity index (χ1n) is 9.91. The van der Waals surface area contributed by atoms with E-state index in [2.05, 4.69) is 51.2 Å². The van der Waals surface area contributed by atoms with Crippen LogP contribution >= 0.6 is 15.9 Å². The largest absolute Gasteiger partial charge is 0.378 e. The first kappa shape index (κ1) is 20.7. The molecule has 1 aromatic heterocycles. The van der Waals surface area contributed by atoms with Crippen molar-refractivity contribution in [1.29, 1.82) is 0 Å². The van der Waals surface area contributed by atoms with E-state index in [1.165, 1.54) is 0 Å². The Morgan fingerprint density at radius 3 is 2.03 bits per heavy atom. The van der Waals surface area contributed by atoms with Crippen LogP contribution in [0.25, 0.3) is 6.08 Å². The van der Waals surface area contributed by atoms with Crippen molar-refractivity contribution >= 4 is 46.1 Å². The van der Waals surface area contributed by atoms with Crippen molar-refractivity contribution in [3.05, 3.63) is 40.4 Å². The van der Waals surface area contributed by atoms with Crippen molar-refractivity contribution in [2.45, 2.75) is 0 Å². The molecule has 2 fully saturated rings. The molecule has 0 saturated carbocycles. The zero-order valence-corrected chi connectivity index (χ0v) is 18.2. The van der Waals surface area contributed by atoms with E-state index in [0.29, 0.717) is 44.3 Å². The van der Waals surface area contributed by atoms with Crippen LogP contribution in [0.4, 0.5) is 17.8 Å². The number of allylic oxidation sites excluding steroid dienone is 1. The van der Waals surface area contributed by atoms with Crippen LogP contribution < -0.4 is 15.2 Å². The molecule has 30 heavy (non-hydrogen) atoms. The molecule has 158 valence electrons. The molecule has 0 radical (unpaired) electrons. The number of ether oxygens (including phenoxy) is 2. The van der Waals surface area contributed by atoms with Gasteiger partial charge in [-0.3, -0.25) is 0 Å². The third-order valence-electron chi connectivity index (χ3n) is 4.66. The molecule has 0 spiro atoms. The standard InChI is InChI=1S/C20H24BrN7O2/c21-17(14-16-4-2-1-3-5-16)15-22-26-18-23-19(27-6-10-29-11-7-27)25-20(24-18)28-8-12-30-13-9-28/h1-5,14-15H,6-13H2,(H,23,24,25,26)/b17-14-,22-15?. The number of anilines is 3. The van der Waals surface area contributed by atoms with Gasteiger partial charge < -0.3 is 19.3 Å². The van der Waals surface area contributed by atoms with Crippen LogP contribution in [0.15, 0.2) is 39.9 Å². The number of rotatable bonds is 6. The summed E-state index contributed by atoms with van der Waals surface area (Å²) >= 11 is 3.52. The van der Waals surface area contributed by atoms with Gasteiger partial charge in [-0.15, -0.1) is 0 Å². The summed E-state index contributed by atoms with van der Waals surface area (Å²) in [6.45, 7) is 5.66. The summed E-state index contributed by atoms with van der Waals surface area (Å²) in [5.41, 5.74) is 4.02. The first-order chi connectivity index (χ1) is 14.8. The van der Waals surface area contributed by atoms with Crippen LogP contribution in [-0.2, 0) is 9.47 Å². The number of halogens is 1. The molecule has 2 saturated heterocycles. The predicted molar refractivity (Wildman–Crippen MR) is 121 cm³/mol. The van der Waals surface area contributed by atoms with Crippen molar-refractivity contribution in [1.82, 2.24) is 15.0 Å². The Labute approximate surface area is 183 Å². The molecule has 1 aromatic carbocycles. The van der Waals surface area contributed by atoms with Crippen molar-refractivity contribution in [3.8, 4) is 0 Å². The maximum absolute atomic E-state index is 5.45. The van der Waals surface area contributed by atoms with E-state index >= 15 is 0 Å². The smallest absolute Gasteiger partial charge is 0.250 e. The quantitative estimate of drug-likeness (QED) is 0.505. The maximum atomic E-state index is 5.45. The highest BCUT2D eigenvalue weighted by Gasteiger charge is 2.20. The van der Waals surface area contributed by atoms with Crippen molar-refractivity contribution in [3.63, 3.8) is 0 Å². The zero-order valence-electron chi connectivity index (χ0n) is 16.6. The predicted octanol–water partition coefficient (Wildman–Crippen LogP) is 2.38. The summed E-state index contributed by atoms with van der Waals surface area (Å²) in [5.74, 6) is 1.67. The minimum atomic E-state index is 0.407. The lowest BCUT2D eigenvalue weighted by Gasteiger charge is -2.30. The van der Waals surface area contributed by atoms with E-state index in [0.717, 1.165) is 36.2 Å². The molecular formula is C20H24BrN7O2. The number of morpholine rings is 2. The van der Waals surface area contributed by atoms with Gasteiger partial charge in [-0.05, 0) is 27.6 Å².